The second kappa shape index (κ2) is 6.09. The highest BCUT2D eigenvalue weighted by Crippen LogP contribution is 2.24. The maximum Gasteiger partial charge on any atom is 0.257 e. The van der Waals surface area contributed by atoms with E-state index in [-0.39, 0.29) is 18.2 Å². The highest BCUT2D eigenvalue weighted by atomic mass is 19.1. The molecular formula is C14H17FN2O4. The number of nitrogens with two attached hydrogens (primary N) is 1. The largest absolute Gasteiger partial charge is 0.497 e. The number of primary amides is 1. The number of rotatable bonds is 4. The maximum absolute atomic E-state index is 14.0. The summed E-state index contributed by atoms with van der Waals surface area (Å²) in [4.78, 5) is 25.1. The molecule has 1 aliphatic heterocycles. The van der Waals surface area contributed by atoms with E-state index in [1.165, 1.54) is 31.3 Å². The summed E-state index contributed by atoms with van der Waals surface area (Å²) >= 11 is 0. The van der Waals surface area contributed by atoms with Gasteiger partial charge in [0.05, 0.1) is 18.8 Å². The molecule has 0 aliphatic carbocycles. The summed E-state index contributed by atoms with van der Waals surface area (Å²) in [5.41, 5.74) is 5.18. The summed E-state index contributed by atoms with van der Waals surface area (Å²) in [7, 11) is 2.90. The van der Waals surface area contributed by atoms with Gasteiger partial charge in [-0.3, -0.25) is 9.59 Å². The molecule has 0 saturated carbocycles. The number of methoxy groups -OCH3 is 2. The number of carbonyl (C=O) groups excluding carboxylic acids is 2. The number of halogens is 1. The first kappa shape index (κ1) is 15.2. The standard InChI is InChI=1S/C14H17FN2O4/c1-20-8-3-4-10(11(15)5-8)14(19)17-7-9(21-2)6-12(17)13(16)18/h3-5,9,12H,6-7H2,1-2H3,(H2,16,18)/t9-,12-/m0/s1. The predicted molar refractivity (Wildman–Crippen MR) is 72.4 cm³/mol. The second-order valence-corrected chi connectivity index (χ2v) is 4.81. The van der Waals surface area contributed by atoms with Gasteiger partial charge in [0, 0.05) is 26.1 Å². The molecule has 0 bridgehead atoms. The summed E-state index contributed by atoms with van der Waals surface area (Å²) in [6.07, 6.45) is 0.0303. The summed E-state index contributed by atoms with van der Waals surface area (Å²) in [5.74, 6) is -1.61. The summed E-state index contributed by atoms with van der Waals surface area (Å²) in [5, 5.41) is 0. The zero-order chi connectivity index (χ0) is 15.6. The Kier molecular flexibility index (Phi) is 4.42. The Bertz CT molecular complexity index is 564. The molecule has 114 valence electrons. The highest BCUT2D eigenvalue weighted by Gasteiger charge is 2.39. The number of benzene rings is 1. The minimum atomic E-state index is -0.788. The SMILES string of the molecule is COc1ccc(C(=O)N2C[C@@H](OC)C[C@H]2C(N)=O)c(F)c1. The van der Waals surface area contributed by atoms with Crippen molar-refractivity contribution in [2.75, 3.05) is 20.8 Å². The highest BCUT2D eigenvalue weighted by molar-refractivity contribution is 5.98. The zero-order valence-electron chi connectivity index (χ0n) is 11.8. The molecular weight excluding hydrogens is 279 g/mol. The number of ether oxygens (including phenoxy) is 2. The Morgan fingerprint density at radius 1 is 1.38 bits per heavy atom. The normalized spacial score (nSPS) is 21.4. The minimum Gasteiger partial charge on any atom is -0.497 e. The van der Waals surface area contributed by atoms with Gasteiger partial charge < -0.3 is 20.1 Å². The van der Waals surface area contributed by atoms with Gasteiger partial charge in [0.25, 0.3) is 5.91 Å². The number of amides is 2. The van der Waals surface area contributed by atoms with E-state index >= 15 is 0 Å². The van der Waals surface area contributed by atoms with E-state index < -0.39 is 23.7 Å². The van der Waals surface area contributed by atoms with Crippen LogP contribution in [-0.4, -0.2) is 49.6 Å². The third-order valence-electron chi connectivity index (χ3n) is 3.59. The molecule has 1 aromatic rings. The molecule has 0 radical (unpaired) electrons. The molecule has 7 heteroatoms. The van der Waals surface area contributed by atoms with Gasteiger partial charge in [0.15, 0.2) is 0 Å². The first-order valence-electron chi connectivity index (χ1n) is 6.44. The quantitative estimate of drug-likeness (QED) is 0.879. The molecule has 1 saturated heterocycles. The van der Waals surface area contributed by atoms with E-state index in [4.69, 9.17) is 15.2 Å². The molecule has 0 spiro atoms. The molecule has 0 unspecified atom stereocenters. The maximum atomic E-state index is 14.0. The van der Waals surface area contributed by atoms with Crippen LogP contribution in [-0.2, 0) is 9.53 Å². The number of carbonyl (C=O) groups is 2. The van der Waals surface area contributed by atoms with Crippen LogP contribution in [0.4, 0.5) is 4.39 Å². The number of nitrogens with zero attached hydrogens (tertiary/aromatic N) is 1. The van der Waals surface area contributed by atoms with Crippen LogP contribution in [0.2, 0.25) is 0 Å². The Morgan fingerprint density at radius 3 is 2.62 bits per heavy atom. The van der Waals surface area contributed by atoms with Gasteiger partial charge >= 0.3 is 0 Å². The summed E-state index contributed by atoms with van der Waals surface area (Å²) < 4.78 is 24.0. The van der Waals surface area contributed by atoms with Crippen molar-refractivity contribution in [2.45, 2.75) is 18.6 Å². The van der Waals surface area contributed by atoms with E-state index in [0.717, 1.165) is 6.07 Å². The van der Waals surface area contributed by atoms with Crippen molar-refractivity contribution in [3.05, 3.63) is 29.6 Å². The van der Waals surface area contributed by atoms with E-state index in [1.807, 2.05) is 0 Å². The fourth-order valence-corrected chi connectivity index (χ4v) is 2.41. The molecule has 2 amide bonds. The smallest absolute Gasteiger partial charge is 0.257 e. The Morgan fingerprint density at radius 2 is 2.10 bits per heavy atom. The van der Waals surface area contributed by atoms with Gasteiger partial charge in [-0.1, -0.05) is 0 Å². The molecule has 6 nitrogen and oxygen atoms in total. The van der Waals surface area contributed by atoms with Crippen molar-refractivity contribution in [2.24, 2.45) is 5.73 Å². The first-order chi connectivity index (χ1) is 9.97. The first-order valence-corrected chi connectivity index (χ1v) is 6.44. The average molecular weight is 296 g/mol. The lowest BCUT2D eigenvalue weighted by Gasteiger charge is -2.22. The fraction of sp³-hybridized carbons (Fsp3) is 0.429. The third kappa shape index (κ3) is 2.97. The van der Waals surface area contributed by atoms with Crippen LogP contribution in [0.1, 0.15) is 16.8 Å². The van der Waals surface area contributed by atoms with Crippen molar-refractivity contribution < 1.29 is 23.5 Å². The monoisotopic (exact) mass is 296 g/mol. The van der Waals surface area contributed by atoms with E-state index in [1.54, 1.807) is 0 Å². The van der Waals surface area contributed by atoms with Gasteiger partial charge in [-0.25, -0.2) is 4.39 Å². The number of hydrogen-bond acceptors (Lipinski definition) is 4. The van der Waals surface area contributed by atoms with Crippen molar-refractivity contribution in [3.63, 3.8) is 0 Å². The van der Waals surface area contributed by atoms with Crippen molar-refractivity contribution in [1.29, 1.82) is 0 Å². The summed E-state index contributed by atoms with van der Waals surface area (Å²) in [6.45, 7) is 0.203. The minimum absolute atomic E-state index is 0.126. The molecule has 1 fully saturated rings. The lowest BCUT2D eigenvalue weighted by atomic mass is 10.1. The van der Waals surface area contributed by atoms with Crippen LogP contribution in [0.5, 0.6) is 5.75 Å². The average Bonchev–Trinajstić information content (AvgIpc) is 2.91. The Labute approximate surface area is 121 Å². The molecule has 0 aromatic heterocycles. The molecule has 2 N–H and O–H groups in total. The van der Waals surface area contributed by atoms with Gasteiger partial charge in [-0.2, -0.15) is 0 Å². The van der Waals surface area contributed by atoms with Crippen molar-refractivity contribution >= 4 is 11.8 Å². The van der Waals surface area contributed by atoms with Crippen molar-refractivity contribution in [3.8, 4) is 5.75 Å². The van der Waals surface area contributed by atoms with Crippen LogP contribution in [0, 0.1) is 5.82 Å². The van der Waals surface area contributed by atoms with Gasteiger partial charge in [0.2, 0.25) is 5.91 Å². The summed E-state index contributed by atoms with van der Waals surface area (Å²) in [6, 6.07) is 3.15. The molecule has 1 aromatic carbocycles. The van der Waals surface area contributed by atoms with E-state index in [2.05, 4.69) is 0 Å². The zero-order valence-corrected chi connectivity index (χ0v) is 11.8. The Hall–Kier alpha value is -2.15. The van der Waals surface area contributed by atoms with Crippen LogP contribution in [0.15, 0.2) is 18.2 Å². The topological polar surface area (TPSA) is 81.9 Å². The van der Waals surface area contributed by atoms with Gasteiger partial charge in [-0.05, 0) is 12.1 Å². The number of likely N-dealkylation sites (tertiary alicyclic amines) is 1. The van der Waals surface area contributed by atoms with Crippen LogP contribution in [0.25, 0.3) is 0 Å². The number of hydrogen-bond donors (Lipinski definition) is 1. The third-order valence-corrected chi connectivity index (χ3v) is 3.59. The predicted octanol–water partition coefficient (Wildman–Crippen LogP) is 0.549. The lowest BCUT2D eigenvalue weighted by molar-refractivity contribution is -0.121. The second-order valence-electron chi connectivity index (χ2n) is 4.81. The molecule has 1 heterocycles. The van der Waals surface area contributed by atoms with Gasteiger partial charge in [0.1, 0.15) is 17.6 Å². The van der Waals surface area contributed by atoms with Crippen molar-refractivity contribution in [1.82, 2.24) is 4.90 Å². The van der Waals surface area contributed by atoms with Gasteiger partial charge in [-0.15, -0.1) is 0 Å². The van der Waals surface area contributed by atoms with Crippen LogP contribution in [0.3, 0.4) is 0 Å². The Balaban J connectivity index is 2.28. The van der Waals surface area contributed by atoms with E-state index in [9.17, 15) is 14.0 Å². The fourth-order valence-electron chi connectivity index (χ4n) is 2.41. The molecule has 21 heavy (non-hydrogen) atoms. The van der Waals surface area contributed by atoms with Crippen LogP contribution >= 0.6 is 0 Å². The molecule has 2 atom stereocenters. The van der Waals surface area contributed by atoms with Crippen LogP contribution < -0.4 is 10.5 Å². The lowest BCUT2D eigenvalue weighted by Crippen LogP contribution is -2.44. The molecule has 1 aliphatic rings. The molecule has 2 rings (SSSR count). The van der Waals surface area contributed by atoms with E-state index in [0.29, 0.717) is 12.2 Å².